The molecule has 22 heavy (non-hydrogen) atoms. The monoisotopic (exact) mass is 294 g/mol. The number of nitrogens with zero attached hydrogens (tertiary/aromatic N) is 2. The molecule has 2 heterocycles. The van der Waals surface area contributed by atoms with E-state index in [-0.39, 0.29) is 6.79 Å². The normalized spacial score (nSPS) is 12.4. The highest BCUT2D eigenvalue weighted by atomic mass is 16.7. The second-order valence-electron chi connectivity index (χ2n) is 4.86. The van der Waals surface area contributed by atoms with E-state index in [1.807, 2.05) is 49.5 Å². The van der Waals surface area contributed by atoms with Crippen LogP contribution in [0.5, 0.6) is 11.5 Å². The minimum atomic E-state index is 0.259. The molecule has 0 amide bonds. The molecule has 0 atom stereocenters. The van der Waals surface area contributed by atoms with Gasteiger partial charge in [0.05, 0.1) is 5.52 Å². The number of aromatic nitrogens is 2. The van der Waals surface area contributed by atoms with Crippen LogP contribution in [0.15, 0.2) is 42.5 Å². The molecule has 3 aromatic rings. The lowest BCUT2D eigenvalue weighted by atomic mass is 10.2. The molecule has 0 saturated heterocycles. The number of benzene rings is 2. The third-order valence-electron chi connectivity index (χ3n) is 3.47. The van der Waals surface area contributed by atoms with Crippen molar-refractivity contribution in [2.75, 3.05) is 24.5 Å². The predicted molar refractivity (Wildman–Crippen MR) is 84.9 cm³/mol. The van der Waals surface area contributed by atoms with Crippen molar-refractivity contribution in [3.8, 4) is 11.5 Å². The first kappa shape index (κ1) is 12.7. The Balaban J connectivity index is 1.72. The summed E-state index contributed by atoms with van der Waals surface area (Å²) in [6.07, 6.45) is 0. The largest absolute Gasteiger partial charge is 0.454 e. The first-order chi connectivity index (χ1) is 10.8. The summed E-state index contributed by atoms with van der Waals surface area (Å²) in [5.41, 5.74) is 1.73. The Morgan fingerprint density at radius 3 is 2.77 bits per heavy atom. The zero-order chi connectivity index (χ0) is 14.9. The van der Waals surface area contributed by atoms with Gasteiger partial charge in [-0.2, -0.15) is 4.98 Å². The second-order valence-corrected chi connectivity index (χ2v) is 4.86. The number of hydrogen-bond acceptors (Lipinski definition) is 6. The Bertz CT molecular complexity index is 851. The highest BCUT2D eigenvalue weighted by Gasteiger charge is 2.14. The van der Waals surface area contributed by atoms with Gasteiger partial charge in [-0.1, -0.05) is 12.1 Å². The van der Waals surface area contributed by atoms with Gasteiger partial charge in [0.25, 0.3) is 0 Å². The minimum absolute atomic E-state index is 0.259. The van der Waals surface area contributed by atoms with Crippen molar-refractivity contribution in [3.05, 3.63) is 42.5 Å². The smallest absolute Gasteiger partial charge is 0.231 e. The fraction of sp³-hybridized carbons (Fsp3) is 0.125. The molecule has 0 saturated carbocycles. The molecule has 0 spiro atoms. The van der Waals surface area contributed by atoms with E-state index < -0.39 is 0 Å². The van der Waals surface area contributed by atoms with E-state index in [0.29, 0.717) is 5.95 Å². The maximum Gasteiger partial charge on any atom is 0.231 e. The molecular formula is C16H14N4O2. The van der Waals surface area contributed by atoms with Crippen LogP contribution in [-0.2, 0) is 0 Å². The van der Waals surface area contributed by atoms with Crippen molar-refractivity contribution in [2.45, 2.75) is 0 Å². The molecule has 0 unspecified atom stereocenters. The lowest BCUT2D eigenvalue weighted by Crippen LogP contribution is -2.02. The summed E-state index contributed by atoms with van der Waals surface area (Å²) in [6.45, 7) is 0.259. The fourth-order valence-electron chi connectivity index (χ4n) is 2.43. The van der Waals surface area contributed by atoms with Crippen LogP contribution in [0.1, 0.15) is 0 Å². The number of hydrogen-bond donors (Lipinski definition) is 2. The average molecular weight is 294 g/mol. The summed E-state index contributed by atoms with van der Waals surface area (Å²) in [5.74, 6) is 2.79. The van der Waals surface area contributed by atoms with Crippen molar-refractivity contribution in [1.29, 1.82) is 0 Å². The number of rotatable bonds is 3. The Hall–Kier alpha value is -3.02. The topological polar surface area (TPSA) is 68.3 Å². The predicted octanol–water partition coefficient (Wildman–Crippen LogP) is 3.14. The second kappa shape index (κ2) is 5.07. The van der Waals surface area contributed by atoms with Crippen LogP contribution < -0.4 is 20.1 Å². The van der Waals surface area contributed by atoms with E-state index in [4.69, 9.17) is 9.47 Å². The van der Waals surface area contributed by atoms with Gasteiger partial charge in [0.1, 0.15) is 5.82 Å². The molecule has 1 aromatic heterocycles. The highest BCUT2D eigenvalue weighted by Crippen LogP contribution is 2.35. The standard InChI is InChI=1S/C16H14N4O2/c1-17-15-11-4-2-3-5-12(11)19-16(20-15)18-10-6-7-13-14(8-10)22-9-21-13/h2-8H,9H2,1H3,(H2,17,18,19,20). The molecule has 110 valence electrons. The number of anilines is 3. The van der Waals surface area contributed by atoms with Gasteiger partial charge in [-0.15, -0.1) is 0 Å². The highest BCUT2D eigenvalue weighted by molar-refractivity contribution is 5.90. The van der Waals surface area contributed by atoms with Gasteiger partial charge in [-0.3, -0.25) is 0 Å². The van der Waals surface area contributed by atoms with Crippen LogP contribution in [-0.4, -0.2) is 23.8 Å². The number of nitrogens with one attached hydrogen (secondary N) is 2. The summed E-state index contributed by atoms with van der Waals surface area (Å²) in [4.78, 5) is 9.04. The summed E-state index contributed by atoms with van der Waals surface area (Å²) < 4.78 is 10.7. The fourth-order valence-corrected chi connectivity index (χ4v) is 2.43. The number of fused-ring (bicyclic) bond motifs is 2. The Morgan fingerprint density at radius 1 is 1.00 bits per heavy atom. The molecule has 0 bridgehead atoms. The third kappa shape index (κ3) is 2.14. The zero-order valence-electron chi connectivity index (χ0n) is 12.0. The SMILES string of the molecule is CNc1nc(Nc2ccc3c(c2)OCO3)nc2ccccc12. The van der Waals surface area contributed by atoms with Gasteiger partial charge in [0, 0.05) is 24.2 Å². The third-order valence-corrected chi connectivity index (χ3v) is 3.47. The van der Waals surface area contributed by atoms with Crippen LogP contribution in [0.4, 0.5) is 17.5 Å². The van der Waals surface area contributed by atoms with Gasteiger partial charge in [0.15, 0.2) is 11.5 Å². The maximum atomic E-state index is 5.38. The van der Waals surface area contributed by atoms with E-state index in [2.05, 4.69) is 20.6 Å². The molecule has 2 aromatic carbocycles. The zero-order valence-corrected chi connectivity index (χ0v) is 12.0. The first-order valence-corrected chi connectivity index (χ1v) is 6.95. The molecule has 1 aliphatic heterocycles. The van der Waals surface area contributed by atoms with Crippen molar-refractivity contribution in [1.82, 2.24) is 9.97 Å². The minimum Gasteiger partial charge on any atom is -0.454 e. The molecule has 1 aliphatic rings. The van der Waals surface area contributed by atoms with Crippen LogP contribution in [0.25, 0.3) is 10.9 Å². The molecular weight excluding hydrogens is 280 g/mol. The molecule has 4 rings (SSSR count). The summed E-state index contributed by atoms with van der Waals surface area (Å²) >= 11 is 0. The molecule has 0 radical (unpaired) electrons. The van der Waals surface area contributed by atoms with E-state index in [9.17, 15) is 0 Å². The number of para-hydroxylation sites is 1. The van der Waals surface area contributed by atoms with Gasteiger partial charge in [-0.05, 0) is 24.3 Å². The maximum absolute atomic E-state index is 5.38. The lowest BCUT2D eigenvalue weighted by molar-refractivity contribution is 0.174. The van der Waals surface area contributed by atoms with Gasteiger partial charge in [0.2, 0.25) is 12.7 Å². The van der Waals surface area contributed by atoms with Crippen molar-refractivity contribution >= 4 is 28.4 Å². The van der Waals surface area contributed by atoms with Crippen molar-refractivity contribution in [3.63, 3.8) is 0 Å². The summed E-state index contributed by atoms with van der Waals surface area (Å²) in [6, 6.07) is 13.5. The van der Waals surface area contributed by atoms with Crippen molar-refractivity contribution in [2.24, 2.45) is 0 Å². The molecule has 0 aliphatic carbocycles. The van der Waals surface area contributed by atoms with E-state index in [1.54, 1.807) is 0 Å². The van der Waals surface area contributed by atoms with Crippen LogP contribution in [0.3, 0.4) is 0 Å². The van der Waals surface area contributed by atoms with Gasteiger partial charge in [-0.25, -0.2) is 4.98 Å². The Morgan fingerprint density at radius 2 is 1.86 bits per heavy atom. The summed E-state index contributed by atoms with van der Waals surface area (Å²) in [5, 5.41) is 7.29. The Kier molecular flexibility index (Phi) is 2.93. The summed E-state index contributed by atoms with van der Waals surface area (Å²) in [7, 11) is 1.85. The number of ether oxygens (including phenoxy) is 2. The molecule has 2 N–H and O–H groups in total. The van der Waals surface area contributed by atoms with Crippen LogP contribution in [0, 0.1) is 0 Å². The molecule has 0 fully saturated rings. The average Bonchev–Trinajstić information content (AvgIpc) is 3.01. The van der Waals surface area contributed by atoms with Crippen molar-refractivity contribution < 1.29 is 9.47 Å². The van der Waals surface area contributed by atoms with Gasteiger partial charge < -0.3 is 20.1 Å². The quantitative estimate of drug-likeness (QED) is 0.773. The van der Waals surface area contributed by atoms with E-state index >= 15 is 0 Å². The molecule has 6 heteroatoms. The van der Waals surface area contributed by atoms with E-state index in [1.165, 1.54) is 0 Å². The van der Waals surface area contributed by atoms with Gasteiger partial charge >= 0.3 is 0 Å². The van der Waals surface area contributed by atoms with Crippen LogP contribution in [0.2, 0.25) is 0 Å². The lowest BCUT2D eigenvalue weighted by Gasteiger charge is -2.10. The first-order valence-electron chi connectivity index (χ1n) is 6.95. The molecule has 6 nitrogen and oxygen atoms in total. The van der Waals surface area contributed by atoms with Crippen LogP contribution >= 0.6 is 0 Å². The Labute approximate surface area is 127 Å². The van der Waals surface area contributed by atoms with E-state index in [0.717, 1.165) is 33.9 Å².